The zero-order valence-electron chi connectivity index (χ0n) is 16.6. The Hall–Kier alpha value is -4.00. The molecular formula is C23H22N6O. The number of nitrogens with one attached hydrogen (secondary N) is 2. The van der Waals surface area contributed by atoms with Crippen LogP contribution in [0, 0.1) is 0 Å². The van der Waals surface area contributed by atoms with Crippen molar-refractivity contribution in [3.8, 4) is 5.82 Å². The number of rotatable bonds is 7. The van der Waals surface area contributed by atoms with E-state index in [0.717, 1.165) is 16.6 Å². The first kappa shape index (κ1) is 19.3. The molecule has 2 heterocycles. The smallest absolute Gasteiger partial charge is 0.228 e. The predicted molar refractivity (Wildman–Crippen MR) is 119 cm³/mol. The standard InChI is InChI=1S/C23H22N6O/c1-3-7-22(30)27-18-10-11-20-19(14-18)25-15-29(20)21-12-13-24-23(28-21)26-16(2)17-8-5-4-6-9-17/h3-6,8-16H,1,7H2,2H3,(H,27,30)(H,24,26,28). The molecule has 0 fully saturated rings. The van der Waals surface area contributed by atoms with Gasteiger partial charge < -0.3 is 10.6 Å². The van der Waals surface area contributed by atoms with Crippen molar-refractivity contribution in [3.05, 3.63) is 85.3 Å². The van der Waals surface area contributed by atoms with Crippen LogP contribution >= 0.6 is 0 Å². The number of fused-ring (bicyclic) bond motifs is 1. The average molecular weight is 398 g/mol. The number of imidazole rings is 1. The van der Waals surface area contributed by atoms with E-state index in [2.05, 4.69) is 51.2 Å². The van der Waals surface area contributed by atoms with Crippen molar-refractivity contribution in [2.75, 3.05) is 10.6 Å². The maximum atomic E-state index is 11.8. The first-order valence-corrected chi connectivity index (χ1v) is 9.67. The molecule has 1 amide bonds. The first-order chi connectivity index (χ1) is 14.6. The molecule has 2 aromatic carbocycles. The number of nitrogens with zero attached hydrogens (tertiary/aromatic N) is 4. The Labute approximate surface area is 174 Å². The van der Waals surface area contributed by atoms with Crippen LogP contribution in [-0.4, -0.2) is 25.4 Å². The van der Waals surface area contributed by atoms with Crippen LogP contribution in [0.1, 0.15) is 24.9 Å². The summed E-state index contributed by atoms with van der Waals surface area (Å²) in [6.07, 6.45) is 5.28. The van der Waals surface area contributed by atoms with E-state index in [4.69, 9.17) is 0 Å². The summed E-state index contributed by atoms with van der Waals surface area (Å²) in [5.74, 6) is 1.14. The van der Waals surface area contributed by atoms with Gasteiger partial charge in [-0.3, -0.25) is 9.36 Å². The molecule has 2 N–H and O–H groups in total. The Morgan fingerprint density at radius 2 is 2.00 bits per heavy atom. The summed E-state index contributed by atoms with van der Waals surface area (Å²) in [4.78, 5) is 25.2. The van der Waals surface area contributed by atoms with Gasteiger partial charge in [-0.05, 0) is 36.8 Å². The van der Waals surface area contributed by atoms with Crippen molar-refractivity contribution in [2.45, 2.75) is 19.4 Å². The summed E-state index contributed by atoms with van der Waals surface area (Å²) in [6.45, 7) is 5.65. The van der Waals surface area contributed by atoms with Crippen LogP contribution in [0.25, 0.3) is 16.9 Å². The average Bonchev–Trinajstić information content (AvgIpc) is 3.18. The Balaban J connectivity index is 1.57. The molecule has 7 heteroatoms. The number of carbonyl (C=O) groups is 1. The lowest BCUT2D eigenvalue weighted by Crippen LogP contribution is -2.10. The highest BCUT2D eigenvalue weighted by atomic mass is 16.1. The Morgan fingerprint density at radius 1 is 1.17 bits per heavy atom. The zero-order chi connectivity index (χ0) is 20.9. The molecule has 0 aliphatic rings. The molecule has 0 spiro atoms. The van der Waals surface area contributed by atoms with Gasteiger partial charge in [-0.15, -0.1) is 6.58 Å². The number of amides is 1. The first-order valence-electron chi connectivity index (χ1n) is 9.67. The molecule has 0 aliphatic carbocycles. The van der Waals surface area contributed by atoms with Crippen LogP contribution in [0.4, 0.5) is 11.6 Å². The van der Waals surface area contributed by atoms with Crippen molar-refractivity contribution in [1.29, 1.82) is 0 Å². The highest BCUT2D eigenvalue weighted by molar-refractivity contribution is 5.93. The molecule has 1 unspecified atom stereocenters. The topological polar surface area (TPSA) is 84.7 Å². The largest absolute Gasteiger partial charge is 0.348 e. The number of anilines is 2. The highest BCUT2D eigenvalue weighted by Crippen LogP contribution is 2.22. The van der Waals surface area contributed by atoms with Crippen LogP contribution < -0.4 is 10.6 Å². The molecule has 0 radical (unpaired) electrons. The van der Waals surface area contributed by atoms with E-state index >= 15 is 0 Å². The molecule has 0 saturated carbocycles. The molecule has 150 valence electrons. The lowest BCUT2D eigenvalue weighted by Gasteiger charge is -2.14. The van der Waals surface area contributed by atoms with Crippen LogP contribution in [0.5, 0.6) is 0 Å². The maximum Gasteiger partial charge on any atom is 0.228 e. The second-order valence-electron chi connectivity index (χ2n) is 6.87. The summed E-state index contributed by atoms with van der Waals surface area (Å²) in [7, 11) is 0. The number of carbonyl (C=O) groups excluding carboxylic acids is 1. The number of hydrogen-bond acceptors (Lipinski definition) is 5. The fraction of sp³-hybridized carbons (Fsp3) is 0.130. The van der Waals surface area contributed by atoms with Gasteiger partial charge in [0.2, 0.25) is 11.9 Å². The fourth-order valence-electron chi connectivity index (χ4n) is 3.19. The van der Waals surface area contributed by atoms with Crippen molar-refractivity contribution in [1.82, 2.24) is 19.5 Å². The van der Waals surface area contributed by atoms with Gasteiger partial charge in [0.05, 0.1) is 17.1 Å². The molecule has 0 saturated heterocycles. The van der Waals surface area contributed by atoms with Gasteiger partial charge in [-0.1, -0.05) is 36.4 Å². The molecule has 4 aromatic rings. The predicted octanol–water partition coefficient (Wildman–Crippen LogP) is 4.50. The molecule has 0 aliphatic heterocycles. The normalized spacial score (nSPS) is 11.8. The van der Waals surface area contributed by atoms with Gasteiger partial charge in [0.15, 0.2) is 0 Å². The molecule has 1 atom stereocenters. The monoisotopic (exact) mass is 398 g/mol. The van der Waals surface area contributed by atoms with Crippen LogP contribution in [0.15, 0.2) is 79.8 Å². The van der Waals surface area contributed by atoms with E-state index in [1.165, 1.54) is 0 Å². The van der Waals surface area contributed by atoms with Gasteiger partial charge >= 0.3 is 0 Å². The zero-order valence-corrected chi connectivity index (χ0v) is 16.6. The number of hydrogen-bond donors (Lipinski definition) is 2. The second kappa shape index (κ2) is 8.57. The summed E-state index contributed by atoms with van der Waals surface area (Å²) >= 11 is 0. The minimum Gasteiger partial charge on any atom is -0.348 e. The van der Waals surface area contributed by atoms with Gasteiger partial charge in [0.25, 0.3) is 0 Å². The third-order valence-electron chi connectivity index (χ3n) is 4.69. The summed E-state index contributed by atoms with van der Waals surface area (Å²) in [6, 6.07) is 17.6. The minimum absolute atomic E-state index is 0.0720. The number of aromatic nitrogens is 4. The third kappa shape index (κ3) is 4.20. The third-order valence-corrected chi connectivity index (χ3v) is 4.69. The van der Waals surface area contributed by atoms with Gasteiger partial charge in [0, 0.05) is 18.3 Å². The SMILES string of the molecule is C=CCC(=O)Nc1ccc2c(c1)ncn2-c1ccnc(NC(C)c2ccccc2)n1. The summed E-state index contributed by atoms with van der Waals surface area (Å²) in [5, 5.41) is 6.17. The van der Waals surface area contributed by atoms with Gasteiger partial charge in [-0.2, -0.15) is 4.98 Å². The Morgan fingerprint density at radius 3 is 2.80 bits per heavy atom. The van der Waals surface area contributed by atoms with E-state index in [1.807, 2.05) is 47.0 Å². The van der Waals surface area contributed by atoms with Crippen LogP contribution in [0.3, 0.4) is 0 Å². The Kier molecular flexibility index (Phi) is 5.52. The van der Waals surface area contributed by atoms with Crippen LogP contribution in [-0.2, 0) is 4.79 Å². The van der Waals surface area contributed by atoms with E-state index in [9.17, 15) is 4.79 Å². The van der Waals surface area contributed by atoms with Gasteiger partial charge in [-0.25, -0.2) is 9.97 Å². The molecule has 2 aromatic heterocycles. The van der Waals surface area contributed by atoms with Crippen LogP contribution in [0.2, 0.25) is 0 Å². The quantitative estimate of drug-likeness (QED) is 0.448. The molecule has 0 bridgehead atoms. The lowest BCUT2D eigenvalue weighted by molar-refractivity contribution is -0.115. The highest BCUT2D eigenvalue weighted by Gasteiger charge is 2.11. The molecule has 7 nitrogen and oxygen atoms in total. The van der Waals surface area contributed by atoms with E-state index < -0.39 is 0 Å². The lowest BCUT2D eigenvalue weighted by atomic mass is 10.1. The summed E-state index contributed by atoms with van der Waals surface area (Å²) in [5.41, 5.74) is 3.50. The van der Waals surface area contributed by atoms with Gasteiger partial charge in [0.1, 0.15) is 12.1 Å². The van der Waals surface area contributed by atoms with E-state index in [-0.39, 0.29) is 18.4 Å². The minimum atomic E-state index is -0.108. The van der Waals surface area contributed by atoms with E-state index in [0.29, 0.717) is 17.5 Å². The van der Waals surface area contributed by atoms with Crippen molar-refractivity contribution in [3.63, 3.8) is 0 Å². The molecule has 30 heavy (non-hydrogen) atoms. The maximum absolute atomic E-state index is 11.8. The van der Waals surface area contributed by atoms with Crippen molar-refractivity contribution < 1.29 is 4.79 Å². The second-order valence-corrected chi connectivity index (χ2v) is 6.87. The van der Waals surface area contributed by atoms with Crippen molar-refractivity contribution in [2.24, 2.45) is 0 Å². The Bertz CT molecular complexity index is 1180. The van der Waals surface area contributed by atoms with E-state index in [1.54, 1.807) is 18.6 Å². The van der Waals surface area contributed by atoms with Crippen molar-refractivity contribution >= 4 is 28.6 Å². The molecular weight excluding hydrogens is 376 g/mol. The summed E-state index contributed by atoms with van der Waals surface area (Å²) < 4.78 is 1.89. The molecule has 4 rings (SSSR count). The fourth-order valence-corrected chi connectivity index (χ4v) is 3.19. The number of benzene rings is 2.